The van der Waals surface area contributed by atoms with Crippen molar-refractivity contribution in [3.63, 3.8) is 0 Å². The summed E-state index contributed by atoms with van der Waals surface area (Å²) in [4.78, 5) is 0. The van der Waals surface area contributed by atoms with Crippen molar-refractivity contribution in [3.8, 4) is 0 Å². The van der Waals surface area contributed by atoms with Crippen LogP contribution in [0.4, 0.5) is 0 Å². The van der Waals surface area contributed by atoms with Crippen LogP contribution in [0.2, 0.25) is 0 Å². The molecule has 0 radical (unpaired) electrons. The summed E-state index contributed by atoms with van der Waals surface area (Å²) in [7, 11) is 0. The van der Waals surface area contributed by atoms with Crippen molar-refractivity contribution in [2.45, 2.75) is 25.0 Å². The Morgan fingerprint density at radius 1 is 1.60 bits per heavy atom. The lowest BCUT2D eigenvalue weighted by Crippen LogP contribution is -2.44. The number of hydrazine groups is 1. The minimum absolute atomic E-state index is 0.0320. The van der Waals surface area contributed by atoms with E-state index >= 15 is 0 Å². The summed E-state index contributed by atoms with van der Waals surface area (Å²) in [6, 6.07) is 0.266. The van der Waals surface area contributed by atoms with Gasteiger partial charge in [0.25, 0.3) is 0 Å². The zero-order valence-corrected chi connectivity index (χ0v) is 5.92. The van der Waals surface area contributed by atoms with Crippen LogP contribution in [0.25, 0.3) is 0 Å². The Hall–Kier alpha value is -0.160. The lowest BCUT2D eigenvalue weighted by atomic mass is 10.1. The first-order valence-corrected chi connectivity index (χ1v) is 3.55. The molecule has 0 aromatic carbocycles. The van der Waals surface area contributed by atoms with Gasteiger partial charge in [-0.3, -0.25) is 11.3 Å². The third-order valence-corrected chi connectivity index (χ3v) is 1.81. The first kappa shape index (κ1) is 7.94. The third-order valence-electron chi connectivity index (χ3n) is 1.81. The van der Waals surface area contributed by atoms with Gasteiger partial charge in [0.1, 0.15) is 0 Å². The van der Waals surface area contributed by atoms with Crippen molar-refractivity contribution in [3.05, 3.63) is 0 Å². The van der Waals surface area contributed by atoms with Crippen molar-refractivity contribution in [2.75, 3.05) is 13.2 Å². The van der Waals surface area contributed by atoms with Crippen molar-refractivity contribution < 1.29 is 9.84 Å². The molecule has 1 aliphatic rings. The second-order valence-electron chi connectivity index (χ2n) is 2.58. The van der Waals surface area contributed by atoms with Crippen molar-refractivity contribution >= 4 is 0 Å². The van der Waals surface area contributed by atoms with Gasteiger partial charge < -0.3 is 9.84 Å². The van der Waals surface area contributed by atoms with Gasteiger partial charge in [0.15, 0.2) is 0 Å². The lowest BCUT2D eigenvalue weighted by molar-refractivity contribution is -0.0316. The molecule has 4 nitrogen and oxygen atoms in total. The second kappa shape index (κ2) is 3.88. The Kier molecular flexibility index (Phi) is 3.08. The van der Waals surface area contributed by atoms with E-state index in [1.165, 1.54) is 0 Å². The minimum Gasteiger partial charge on any atom is -0.394 e. The molecule has 1 aliphatic heterocycles. The predicted molar refractivity (Wildman–Crippen MR) is 37.2 cm³/mol. The number of nitrogens with one attached hydrogen (secondary N) is 1. The maximum absolute atomic E-state index is 8.67. The molecule has 0 aliphatic carbocycles. The maximum atomic E-state index is 8.67. The van der Waals surface area contributed by atoms with E-state index in [1.807, 2.05) is 0 Å². The van der Waals surface area contributed by atoms with Crippen molar-refractivity contribution in [1.29, 1.82) is 0 Å². The molecule has 0 spiro atoms. The molecule has 2 unspecified atom stereocenters. The Morgan fingerprint density at radius 2 is 2.40 bits per heavy atom. The normalized spacial score (nSPS) is 34.2. The van der Waals surface area contributed by atoms with Gasteiger partial charge in [-0.25, -0.2) is 0 Å². The maximum Gasteiger partial charge on any atom is 0.0807 e. The molecule has 4 heteroatoms. The van der Waals surface area contributed by atoms with Gasteiger partial charge in [0, 0.05) is 6.04 Å². The van der Waals surface area contributed by atoms with Gasteiger partial charge in [-0.15, -0.1) is 0 Å². The van der Waals surface area contributed by atoms with Gasteiger partial charge in [0.05, 0.1) is 19.3 Å². The van der Waals surface area contributed by atoms with E-state index in [-0.39, 0.29) is 18.8 Å². The Balaban J connectivity index is 2.17. The molecule has 0 bridgehead atoms. The van der Waals surface area contributed by atoms with Crippen molar-refractivity contribution in [1.82, 2.24) is 5.43 Å². The fourth-order valence-electron chi connectivity index (χ4n) is 1.08. The highest BCUT2D eigenvalue weighted by molar-refractivity contribution is 4.72. The van der Waals surface area contributed by atoms with E-state index in [9.17, 15) is 0 Å². The van der Waals surface area contributed by atoms with Crippen LogP contribution < -0.4 is 11.3 Å². The highest BCUT2D eigenvalue weighted by atomic mass is 16.5. The largest absolute Gasteiger partial charge is 0.394 e. The van der Waals surface area contributed by atoms with Crippen LogP contribution in [-0.4, -0.2) is 30.5 Å². The van der Waals surface area contributed by atoms with Crippen LogP contribution in [0.15, 0.2) is 0 Å². The van der Waals surface area contributed by atoms with E-state index in [0.29, 0.717) is 6.61 Å². The van der Waals surface area contributed by atoms with Crippen LogP contribution in [-0.2, 0) is 4.74 Å². The molecular formula is C6H14N2O2. The van der Waals surface area contributed by atoms with Gasteiger partial charge >= 0.3 is 0 Å². The number of aliphatic hydroxyl groups is 1. The zero-order valence-electron chi connectivity index (χ0n) is 5.92. The van der Waals surface area contributed by atoms with Crippen LogP contribution >= 0.6 is 0 Å². The second-order valence-corrected chi connectivity index (χ2v) is 2.58. The number of rotatable bonds is 2. The molecule has 10 heavy (non-hydrogen) atoms. The Bertz CT molecular complexity index is 79.7. The van der Waals surface area contributed by atoms with Gasteiger partial charge in [-0.1, -0.05) is 0 Å². The van der Waals surface area contributed by atoms with Crippen LogP contribution in [0.3, 0.4) is 0 Å². The summed E-state index contributed by atoms with van der Waals surface area (Å²) in [5.41, 5.74) is 2.64. The third kappa shape index (κ3) is 1.91. The zero-order chi connectivity index (χ0) is 7.40. The van der Waals surface area contributed by atoms with Crippen molar-refractivity contribution in [2.24, 2.45) is 5.84 Å². The monoisotopic (exact) mass is 146 g/mol. The highest BCUT2D eigenvalue weighted by Crippen LogP contribution is 2.11. The number of nitrogens with two attached hydrogens (primary N) is 1. The van der Waals surface area contributed by atoms with Gasteiger partial charge in [0.2, 0.25) is 0 Å². The topological polar surface area (TPSA) is 67.5 Å². The fraction of sp³-hybridized carbons (Fsp3) is 1.00. The SMILES string of the molecule is NNC1CCC(CO)OC1. The lowest BCUT2D eigenvalue weighted by Gasteiger charge is -2.26. The molecule has 1 rings (SSSR count). The predicted octanol–water partition coefficient (Wildman–Crippen LogP) is -1.01. The van der Waals surface area contributed by atoms with Crippen LogP contribution in [0.5, 0.6) is 0 Å². The smallest absolute Gasteiger partial charge is 0.0807 e. The minimum atomic E-state index is 0.0320. The number of hydrogen-bond donors (Lipinski definition) is 3. The number of aliphatic hydroxyl groups excluding tert-OH is 1. The summed E-state index contributed by atoms with van der Waals surface area (Å²) in [5.74, 6) is 5.20. The van der Waals surface area contributed by atoms with E-state index in [1.54, 1.807) is 0 Å². The molecule has 1 heterocycles. The highest BCUT2D eigenvalue weighted by Gasteiger charge is 2.19. The fourth-order valence-corrected chi connectivity index (χ4v) is 1.08. The molecule has 4 N–H and O–H groups in total. The Labute approximate surface area is 60.3 Å². The summed E-state index contributed by atoms with van der Waals surface area (Å²) in [5, 5.41) is 8.67. The molecule has 0 amide bonds. The molecular weight excluding hydrogens is 132 g/mol. The summed E-state index contributed by atoms with van der Waals surface area (Å²) >= 11 is 0. The molecule has 0 saturated carbocycles. The molecule has 0 aromatic rings. The molecule has 2 atom stereocenters. The summed E-state index contributed by atoms with van der Waals surface area (Å²) in [6.45, 7) is 0.735. The number of hydrogen-bond acceptors (Lipinski definition) is 4. The Morgan fingerprint density at radius 3 is 2.80 bits per heavy atom. The van der Waals surface area contributed by atoms with Crippen LogP contribution in [0.1, 0.15) is 12.8 Å². The van der Waals surface area contributed by atoms with Gasteiger partial charge in [-0.2, -0.15) is 0 Å². The summed E-state index contributed by atoms with van der Waals surface area (Å²) in [6.07, 6.45) is 1.91. The van der Waals surface area contributed by atoms with Gasteiger partial charge in [-0.05, 0) is 12.8 Å². The van der Waals surface area contributed by atoms with E-state index in [2.05, 4.69) is 5.43 Å². The first-order chi connectivity index (χ1) is 4.86. The molecule has 1 fully saturated rings. The van der Waals surface area contributed by atoms with E-state index in [0.717, 1.165) is 12.8 Å². The number of ether oxygens (including phenoxy) is 1. The molecule has 0 aromatic heterocycles. The average Bonchev–Trinajstić information content (AvgIpc) is 2.05. The van der Waals surface area contributed by atoms with Crippen LogP contribution in [0, 0.1) is 0 Å². The molecule has 1 saturated heterocycles. The first-order valence-electron chi connectivity index (χ1n) is 3.55. The standard InChI is InChI=1S/C6H14N2O2/c7-8-5-1-2-6(3-9)10-4-5/h5-6,8-9H,1-4,7H2. The summed E-state index contributed by atoms with van der Waals surface area (Å²) < 4.78 is 5.24. The quantitative estimate of drug-likeness (QED) is 0.345. The van der Waals surface area contributed by atoms with E-state index in [4.69, 9.17) is 15.7 Å². The average molecular weight is 146 g/mol. The molecule has 60 valence electrons. The van der Waals surface area contributed by atoms with E-state index < -0.39 is 0 Å².